The van der Waals surface area contributed by atoms with Gasteiger partial charge in [0.1, 0.15) is 12.4 Å². The van der Waals surface area contributed by atoms with Crippen molar-refractivity contribution in [2.24, 2.45) is 0 Å². The van der Waals surface area contributed by atoms with E-state index in [2.05, 4.69) is 5.32 Å². The first-order chi connectivity index (χ1) is 13.5. The van der Waals surface area contributed by atoms with Gasteiger partial charge in [-0.3, -0.25) is 14.9 Å². The lowest BCUT2D eigenvalue weighted by Gasteiger charge is -2.09. The SMILES string of the molecule is COc1ccccc1OCc1ccc(C(=O)Nc2ccc([N+](=O)[O-])cc2C)o1. The molecular weight excluding hydrogens is 364 g/mol. The van der Waals surface area contributed by atoms with E-state index in [1.807, 2.05) is 12.1 Å². The summed E-state index contributed by atoms with van der Waals surface area (Å²) in [5, 5.41) is 13.5. The quantitative estimate of drug-likeness (QED) is 0.482. The molecule has 0 saturated heterocycles. The molecule has 3 rings (SSSR count). The van der Waals surface area contributed by atoms with Crippen LogP contribution in [-0.4, -0.2) is 17.9 Å². The molecule has 0 radical (unpaired) electrons. The number of amides is 1. The smallest absolute Gasteiger partial charge is 0.291 e. The molecule has 1 heterocycles. The molecule has 0 atom stereocenters. The van der Waals surface area contributed by atoms with Crippen LogP contribution in [0.1, 0.15) is 21.9 Å². The van der Waals surface area contributed by atoms with E-state index in [-0.39, 0.29) is 18.1 Å². The standard InChI is InChI=1S/C20H18N2O6/c1-13-11-14(22(24)25)7-9-16(13)21-20(23)19-10-8-15(28-19)12-27-18-6-4-3-5-17(18)26-2/h3-11H,12H2,1-2H3,(H,21,23). The van der Waals surface area contributed by atoms with Crippen molar-refractivity contribution >= 4 is 17.3 Å². The molecule has 144 valence electrons. The summed E-state index contributed by atoms with van der Waals surface area (Å²) in [6.45, 7) is 1.81. The van der Waals surface area contributed by atoms with Gasteiger partial charge in [0, 0.05) is 17.8 Å². The Morgan fingerprint density at radius 2 is 1.89 bits per heavy atom. The van der Waals surface area contributed by atoms with Gasteiger partial charge in [0.05, 0.1) is 12.0 Å². The highest BCUT2D eigenvalue weighted by Crippen LogP contribution is 2.27. The number of nitro groups is 1. The van der Waals surface area contributed by atoms with E-state index in [0.29, 0.717) is 28.5 Å². The van der Waals surface area contributed by atoms with Gasteiger partial charge in [-0.05, 0) is 42.8 Å². The van der Waals surface area contributed by atoms with E-state index in [1.54, 1.807) is 32.2 Å². The summed E-state index contributed by atoms with van der Waals surface area (Å²) >= 11 is 0. The van der Waals surface area contributed by atoms with Gasteiger partial charge in [0.2, 0.25) is 0 Å². The number of nitro benzene ring substituents is 1. The van der Waals surface area contributed by atoms with Crippen molar-refractivity contribution in [3.05, 3.63) is 81.8 Å². The zero-order valence-electron chi connectivity index (χ0n) is 15.3. The van der Waals surface area contributed by atoms with Crippen LogP contribution in [0.5, 0.6) is 11.5 Å². The van der Waals surface area contributed by atoms with Crippen LogP contribution in [0.4, 0.5) is 11.4 Å². The number of ether oxygens (including phenoxy) is 2. The highest BCUT2D eigenvalue weighted by atomic mass is 16.6. The topological polar surface area (TPSA) is 104 Å². The van der Waals surface area contributed by atoms with E-state index in [9.17, 15) is 14.9 Å². The molecule has 0 unspecified atom stereocenters. The van der Waals surface area contributed by atoms with Gasteiger partial charge in [-0.1, -0.05) is 12.1 Å². The minimum absolute atomic E-state index is 0.0377. The average Bonchev–Trinajstić information content (AvgIpc) is 3.17. The summed E-state index contributed by atoms with van der Waals surface area (Å²) in [6.07, 6.45) is 0. The first kappa shape index (κ1) is 19.0. The van der Waals surface area contributed by atoms with Crippen LogP contribution in [0.15, 0.2) is 59.0 Å². The molecule has 0 saturated carbocycles. The van der Waals surface area contributed by atoms with Crippen molar-refractivity contribution in [3.63, 3.8) is 0 Å². The normalized spacial score (nSPS) is 10.4. The number of nitrogens with one attached hydrogen (secondary N) is 1. The minimum atomic E-state index is -0.487. The molecule has 0 aliphatic carbocycles. The number of benzene rings is 2. The number of furan rings is 1. The van der Waals surface area contributed by atoms with E-state index >= 15 is 0 Å². The molecule has 0 aliphatic heterocycles. The van der Waals surface area contributed by atoms with Crippen LogP contribution in [0.3, 0.4) is 0 Å². The van der Waals surface area contributed by atoms with Crippen LogP contribution in [0.25, 0.3) is 0 Å². The average molecular weight is 382 g/mol. The molecule has 3 aromatic rings. The lowest BCUT2D eigenvalue weighted by molar-refractivity contribution is -0.384. The highest BCUT2D eigenvalue weighted by molar-refractivity contribution is 6.02. The molecule has 2 aromatic carbocycles. The van der Waals surface area contributed by atoms with E-state index in [1.165, 1.54) is 24.3 Å². The number of methoxy groups -OCH3 is 1. The fraction of sp³-hybridized carbons (Fsp3) is 0.150. The van der Waals surface area contributed by atoms with Gasteiger partial charge in [-0.15, -0.1) is 0 Å². The Bertz CT molecular complexity index is 1010. The molecule has 28 heavy (non-hydrogen) atoms. The maximum atomic E-state index is 12.4. The third kappa shape index (κ3) is 4.29. The monoisotopic (exact) mass is 382 g/mol. The number of rotatable bonds is 7. The van der Waals surface area contributed by atoms with Gasteiger partial charge < -0.3 is 19.2 Å². The van der Waals surface area contributed by atoms with Crippen molar-refractivity contribution < 1.29 is 23.6 Å². The predicted molar refractivity (Wildman–Crippen MR) is 102 cm³/mol. The number of hydrogen-bond acceptors (Lipinski definition) is 6. The zero-order chi connectivity index (χ0) is 20.1. The lowest BCUT2D eigenvalue weighted by Crippen LogP contribution is -2.12. The minimum Gasteiger partial charge on any atom is -0.493 e. The fourth-order valence-electron chi connectivity index (χ4n) is 2.55. The summed E-state index contributed by atoms with van der Waals surface area (Å²) in [5.74, 6) is 1.28. The molecule has 8 nitrogen and oxygen atoms in total. The van der Waals surface area contributed by atoms with Gasteiger partial charge in [0.25, 0.3) is 11.6 Å². The Kier molecular flexibility index (Phi) is 5.59. The molecule has 0 spiro atoms. The molecular formula is C20H18N2O6. The molecule has 0 bridgehead atoms. The lowest BCUT2D eigenvalue weighted by atomic mass is 10.2. The Morgan fingerprint density at radius 3 is 2.57 bits per heavy atom. The molecule has 1 N–H and O–H groups in total. The Hall–Kier alpha value is -3.81. The van der Waals surface area contributed by atoms with Gasteiger partial charge >= 0.3 is 0 Å². The largest absolute Gasteiger partial charge is 0.493 e. The zero-order valence-corrected chi connectivity index (χ0v) is 15.3. The van der Waals surface area contributed by atoms with Crippen LogP contribution >= 0.6 is 0 Å². The Labute approximate surface area is 160 Å². The van der Waals surface area contributed by atoms with Crippen LogP contribution in [0.2, 0.25) is 0 Å². The van der Waals surface area contributed by atoms with Crippen molar-refractivity contribution in [2.45, 2.75) is 13.5 Å². The summed E-state index contributed by atoms with van der Waals surface area (Å²) < 4.78 is 16.4. The van der Waals surface area contributed by atoms with Crippen molar-refractivity contribution in [1.29, 1.82) is 0 Å². The first-order valence-electron chi connectivity index (χ1n) is 8.39. The summed E-state index contributed by atoms with van der Waals surface area (Å²) in [6, 6.07) is 14.6. The molecule has 0 fully saturated rings. The molecule has 1 aromatic heterocycles. The second-order valence-electron chi connectivity index (χ2n) is 5.92. The maximum Gasteiger partial charge on any atom is 0.291 e. The third-order valence-corrected chi connectivity index (χ3v) is 3.99. The van der Waals surface area contributed by atoms with Crippen LogP contribution in [-0.2, 0) is 6.61 Å². The summed E-state index contributed by atoms with van der Waals surface area (Å²) in [4.78, 5) is 22.7. The number of para-hydroxylation sites is 2. The van der Waals surface area contributed by atoms with Gasteiger partial charge in [-0.25, -0.2) is 0 Å². The number of anilines is 1. The van der Waals surface area contributed by atoms with Crippen LogP contribution < -0.4 is 14.8 Å². The number of carbonyl (C=O) groups is 1. The van der Waals surface area contributed by atoms with Crippen molar-refractivity contribution in [2.75, 3.05) is 12.4 Å². The first-order valence-corrected chi connectivity index (χ1v) is 8.39. The second-order valence-corrected chi connectivity index (χ2v) is 5.92. The van der Waals surface area contributed by atoms with E-state index in [0.717, 1.165) is 0 Å². The number of non-ortho nitro benzene ring substituents is 1. The number of hydrogen-bond donors (Lipinski definition) is 1. The molecule has 0 aliphatic rings. The van der Waals surface area contributed by atoms with Crippen LogP contribution in [0, 0.1) is 17.0 Å². The third-order valence-electron chi connectivity index (χ3n) is 3.99. The summed E-state index contributed by atoms with van der Waals surface area (Å²) in [5.41, 5.74) is 1.01. The molecule has 8 heteroatoms. The van der Waals surface area contributed by atoms with Gasteiger partial charge in [0.15, 0.2) is 17.3 Å². The number of nitrogens with zero attached hydrogens (tertiary/aromatic N) is 1. The fourth-order valence-corrected chi connectivity index (χ4v) is 2.55. The predicted octanol–water partition coefficient (Wildman–Crippen LogP) is 4.34. The Balaban J connectivity index is 1.65. The van der Waals surface area contributed by atoms with E-state index in [4.69, 9.17) is 13.9 Å². The maximum absolute atomic E-state index is 12.4. The van der Waals surface area contributed by atoms with Crippen molar-refractivity contribution in [3.8, 4) is 11.5 Å². The van der Waals surface area contributed by atoms with E-state index < -0.39 is 10.8 Å². The number of aryl methyl sites for hydroxylation is 1. The second kappa shape index (κ2) is 8.26. The van der Waals surface area contributed by atoms with Crippen molar-refractivity contribution in [1.82, 2.24) is 0 Å². The van der Waals surface area contributed by atoms with Gasteiger partial charge in [-0.2, -0.15) is 0 Å². The highest BCUT2D eigenvalue weighted by Gasteiger charge is 2.15. The number of carbonyl (C=O) groups excluding carboxylic acids is 1. The molecule has 1 amide bonds. The summed E-state index contributed by atoms with van der Waals surface area (Å²) in [7, 11) is 1.55. The Morgan fingerprint density at radius 1 is 1.14 bits per heavy atom.